The van der Waals surface area contributed by atoms with E-state index in [0.717, 1.165) is 38.5 Å². The highest BCUT2D eigenvalue weighted by Crippen LogP contribution is 2.13. The zero-order valence-electron chi connectivity index (χ0n) is 11.7. The van der Waals surface area contributed by atoms with Crippen molar-refractivity contribution in [1.29, 1.82) is 0 Å². The zero-order valence-corrected chi connectivity index (χ0v) is 11.7. The van der Waals surface area contributed by atoms with E-state index in [0.29, 0.717) is 19.1 Å². The van der Waals surface area contributed by atoms with Crippen LogP contribution in [-0.4, -0.2) is 73.1 Å². The van der Waals surface area contributed by atoms with Gasteiger partial charge >= 0.3 is 0 Å². The summed E-state index contributed by atoms with van der Waals surface area (Å²) in [4.78, 5) is 9.17. The van der Waals surface area contributed by atoms with Crippen LogP contribution in [0.3, 0.4) is 0 Å². The van der Waals surface area contributed by atoms with Crippen molar-refractivity contribution in [2.45, 2.75) is 6.92 Å². The van der Waals surface area contributed by atoms with Crippen molar-refractivity contribution in [3.63, 3.8) is 0 Å². The molecule has 0 amide bonds. The normalized spacial score (nSPS) is 16.6. The van der Waals surface area contributed by atoms with Crippen LogP contribution in [0.1, 0.15) is 6.92 Å². The number of piperazine rings is 1. The van der Waals surface area contributed by atoms with Crippen molar-refractivity contribution < 1.29 is 4.74 Å². The zero-order chi connectivity index (χ0) is 13.5. The van der Waals surface area contributed by atoms with Gasteiger partial charge in [0, 0.05) is 39.8 Å². The molecule has 1 saturated heterocycles. The predicted molar refractivity (Wildman–Crippen MR) is 74.5 cm³/mol. The number of anilines is 2. The fourth-order valence-corrected chi connectivity index (χ4v) is 2.08. The fraction of sp³-hybridized carbons (Fsp3) is 0.750. The first-order valence-electron chi connectivity index (χ1n) is 6.73. The van der Waals surface area contributed by atoms with Gasteiger partial charge < -0.3 is 19.9 Å². The summed E-state index contributed by atoms with van der Waals surface area (Å²) in [7, 11) is 1.67. The van der Waals surface area contributed by atoms with Crippen LogP contribution in [0.25, 0.3) is 0 Å². The molecule has 0 aliphatic carbocycles. The summed E-state index contributed by atoms with van der Waals surface area (Å²) in [5.41, 5.74) is 0. The van der Waals surface area contributed by atoms with E-state index in [1.807, 2.05) is 0 Å². The molecule has 0 bridgehead atoms. The highest BCUT2D eigenvalue weighted by molar-refractivity contribution is 5.40. The van der Waals surface area contributed by atoms with Crippen molar-refractivity contribution in [3.8, 4) is 0 Å². The summed E-state index contributed by atoms with van der Waals surface area (Å²) in [6.07, 6.45) is 1.73. The third-order valence-electron chi connectivity index (χ3n) is 3.28. The third kappa shape index (κ3) is 4.00. The lowest BCUT2D eigenvalue weighted by Crippen LogP contribution is -2.46. The molecule has 7 nitrogen and oxygen atoms in total. The second-order valence-electron chi connectivity index (χ2n) is 4.48. The van der Waals surface area contributed by atoms with E-state index >= 15 is 0 Å². The second-order valence-corrected chi connectivity index (χ2v) is 4.48. The van der Waals surface area contributed by atoms with Gasteiger partial charge in [-0.05, 0) is 6.54 Å². The number of likely N-dealkylation sites (N-methyl/N-ethyl adjacent to an activating group) is 1. The van der Waals surface area contributed by atoms with E-state index < -0.39 is 0 Å². The lowest BCUT2D eigenvalue weighted by Gasteiger charge is -2.34. The number of aromatic nitrogens is 3. The Balaban J connectivity index is 1.91. The highest BCUT2D eigenvalue weighted by atomic mass is 16.5. The molecular weight excluding hydrogens is 244 g/mol. The molecule has 1 aromatic heterocycles. The van der Waals surface area contributed by atoms with Crippen molar-refractivity contribution in [1.82, 2.24) is 20.1 Å². The minimum absolute atomic E-state index is 0.562. The molecule has 1 aromatic rings. The summed E-state index contributed by atoms with van der Waals surface area (Å²) in [6.45, 7) is 8.75. The van der Waals surface area contributed by atoms with Crippen LogP contribution < -0.4 is 10.2 Å². The molecule has 1 aliphatic heterocycles. The summed E-state index contributed by atoms with van der Waals surface area (Å²) >= 11 is 0. The van der Waals surface area contributed by atoms with Gasteiger partial charge in [0.2, 0.25) is 5.95 Å². The summed E-state index contributed by atoms with van der Waals surface area (Å²) in [5.74, 6) is 1.46. The van der Waals surface area contributed by atoms with Crippen molar-refractivity contribution in [2.75, 3.05) is 63.2 Å². The maximum absolute atomic E-state index is 4.98. The SMILES string of the molecule is CCN1CCN(c2cnnc(NCCOC)n2)CC1. The van der Waals surface area contributed by atoms with Gasteiger partial charge in [-0.3, -0.25) is 0 Å². The third-order valence-corrected chi connectivity index (χ3v) is 3.28. The minimum atomic E-state index is 0.562. The van der Waals surface area contributed by atoms with Crippen molar-refractivity contribution >= 4 is 11.8 Å². The van der Waals surface area contributed by atoms with E-state index in [1.54, 1.807) is 13.3 Å². The minimum Gasteiger partial charge on any atom is -0.383 e. The Morgan fingerprint density at radius 2 is 2.11 bits per heavy atom. The molecule has 0 spiro atoms. The predicted octanol–water partition coefficient (Wildman–Crippen LogP) is 0.0718. The van der Waals surface area contributed by atoms with Gasteiger partial charge in [0.15, 0.2) is 5.82 Å². The van der Waals surface area contributed by atoms with Crippen LogP contribution >= 0.6 is 0 Å². The van der Waals surface area contributed by atoms with Gasteiger partial charge in [-0.25, -0.2) is 0 Å². The summed E-state index contributed by atoms with van der Waals surface area (Å²) in [6, 6.07) is 0. The first-order chi connectivity index (χ1) is 9.33. The van der Waals surface area contributed by atoms with E-state index in [4.69, 9.17) is 4.74 Å². The molecule has 19 heavy (non-hydrogen) atoms. The molecule has 0 unspecified atom stereocenters. The van der Waals surface area contributed by atoms with Gasteiger partial charge in [-0.2, -0.15) is 10.1 Å². The molecule has 0 atom stereocenters. The monoisotopic (exact) mass is 266 g/mol. The number of nitrogens with one attached hydrogen (secondary N) is 1. The highest BCUT2D eigenvalue weighted by Gasteiger charge is 2.17. The van der Waals surface area contributed by atoms with E-state index in [9.17, 15) is 0 Å². The molecule has 7 heteroatoms. The van der Waals surface area contributed by atoms with Crippen LogP contribution in [0.4, 0.5) is 11.8 Å². The average molecular weight is 266 g/mol. The van der Waals surface area contributed by atoms with Crippen LogP contribution in [-0.2, 0) is 4.74 Å². The quantitative estimate of drug-likeness (QED) is 0.731. The number of hydrogen-bond donors (Lipinski definition) is 1. The maximum atomic E-state index is 4.98. The molecule has 0 aromatic carbocycles. The number of nitrogens with zero attached hydrogens (tertiary/aromatic N) is 5. The molecular formula is C12H22N6O. The Labute approximate surface area is 114 Å². The smallest absolute Gasteiger partial charge is 0.244 e. The number of methoxy groups -OCH3 is 1. The Kier molecular flexibility index (Phi) is 5.29. The molecule has 1 aliphatic rings. The van der Waals surface area contributed by atoms with Gasteiger partial charge in [-0.1, -0.05) is 6.92 Å². The average Bonchev–Trinajstić information content (AvgIpc) is 2.48. The lowest BCUT2D eigenvalue weighted by molar-refractivity contribution is 0.210. The van der Waals surface area contributed by atoms with Gasteiger partial charge in [-0.15, -0.1) is 5.10 Å². The molecule has 0 saturated carbocycles. The standard InChI is InChI=1S/C12H22N6O/c1-3-17-5-7-18(8-6-17)11-10-14-16-12(15-11)13-4-9-19-2/h10H,3-9H2,1-2H3,(H,13,15,16). The number of ether oxygens (including phenoxy) is 1. The van der Waals surface area contributed by atoms with Crippen LogP contribution in [0, 0.1) is 0 Å². The van der Waals surface area contributed by atoms with Crippen molar-refractivity contribution in [2.24, 2.45) is 0 Å². The Hall–Kier alpha value is -1.47. The Morgan fingerprint density at radius 1 is 1.32 bits per heavy atom. The largest absolute Gasteiger partial charge is 0.383 e. The van der Waals surface area contributed by atoms with E-state index in [2.05, 4.69) is 37.2 Å². The van der Waals surface area contributed by atoms with E-state index in [-0.39, 0.29) is 0 Å². The van der Waals surface area contributed by atoms with Gasteiger partial charge in [0.1, 0.15) is 0 Å². The Bertz CT molecular complexity index is 380. The number of hydrogen-bond acceptors (Lipinski definition) is 7. The topological polar surface area (TPSA) is 66.4 Å². The second kappa shape index (κ2) is 7.20. The number of rotatable bonds is 6. The van der Waals surface area contributed by atoms with E-state index in [1.165, 1.54) is 0 Å². The van der Waals surface area contributed by atoms with Crippen LogP contribution in [0.15, 0.2) is 6.20 Å². The lowest BCUT2D eigenvalue weighted by atomic mass is 10.3. The first kappa shape index (κ1) is 14.0. The molecule has 0 radical (unpaired) electrons. The summed E-state index contributed by atoms with van der Waals surface area (Å²) < 4.78 is 4.98. The van der Waals surface area contributed by atoms with Crippen LogP contribution in [0.5, 0.6) is 0 Å². The van der Waals surface area contributed by atoms with Gasteiger partial charge in [0.25, 0.3) is 0 Å². The Morgan fingerprint density at radius 3 is 2.79 bits per heavy atom. The summed E-state index contributed by atoms with van der Waals surface area (Å²) in [5, 5.41) is 11.1. The fourth-order valence-electron chi connectivity index (χ4n) is 2.08. The molecule has 106 valence electrons. The maximum Gasteiger partial charge on any atom is 0.244 e. The van der Waals surface area contributed by atoms with Crippen molar-refractivity contribution in [3.05, 3.63) is 6.20 Å². The molecule has 2 heterocycles. The molecule has 2 rings (SSSR count). The first-order valence-corrected chi connectivity index (χ1v) is 6.73. The van der Waals surface area contributed by atoms with Gasteiger partial charge in [0.05, 0.1) is 12.8 Å². The molecule has 1 fully saturated rings. The molecule has 1 N–H and O–H groups in total. The van der Waals surface area contributed by atoms with Crippen LogP contribution in [0.2, 0.25) is 0 Å².